The van der Waals surface area contributed by atoms with Crippen LogP contribution in [0.3, 0.4) is 0 Å². The van der Waals surface area contributed by atoms with Crippen LogP contribution in [0.15, 0.2) is 0 Å². The standard InChI is InChI=1S/C10H16N2O3/c1-11-6-9(13)12(7-2-3-7)5-8(11)4-10(14)15/h7-8H,2-6H2,1H3,(H,14,15). The molecule has 1 amide bonds. The summed E-state index contributed by atoms with van der Waals surface area (Å²) >= 11 is 0. The summed E-state index contributed by atoms with van der Waals surface area (Å²) in [5.74, 6) is -0.654. The van der Waals surface area contributed by atoms with Crippen LogP contribution in [-0.2, 0) is 9.59 Å². The quantitative estimate of drug-likeness (QED) is 0.701. The van der Waals surface area contributed by atoms with Gasteiger partial charge in [0.25, 0.3) is 0 Å². The minimum absolute atomic E-state index is 0.0270. The minimum Gasteiger partial charge on any atom is -0.481 e. The molecule has 1 atom stereocenters. The predicted molar refractivity (Wildman–Crippen MR) is 53.4 cm³/mol. The van der Waals surface area contributed by atoms with E-state index in [2.05, 4.69) is 0 Å². The van der Waals surface area contributed by atoms with Gasteiger partial charge in [0.1, 0.15) is 0 Å². The van der Waals surface area contributed by atoms with Crippen molar-refractivity contribution < 1.29 is 14.7 Å². The van der Waals surface area contributed by atoms with Gasteiger partial charge in [0, 0.05) is 18.6 Å². The highest BCUT2D eigenvalue weighted by Crippen LogP contribution is 2.29. The van der Waals surface area contributed by atoms with Crippen LogP contribution >= 0.6 is 0 Å². The number of rotatable bonds is 3. The predicted octanol–water partition coefficient (Wildman–Crippen LogP) is -0.234. The van der Waals surface area contributed by atoms with Crippen LogP contribution in [0.4, 0.5) is 0 Å². The van der Waals surface area contributed by atoms with E-state index in [0.717, 1.165) is 12.8 Å². The Morgan fingerprint density at radius 1 is 1.53 bits per heavy atom. The van der Waals surface area contributed by atoms with E-state index in [1.807, 2.05) is 16.8 Å². The lowest BCUT2D eigenvalue weighted by molar-refractivity contribution is -0.144. The second-order valence-corrected chi connectivity index (χ2v) is 4.44. The fraction of sp³-hybridized carbons (Fsp3) is 0.800. The Morgan fingerprint density at radius 2 is 2.20 bits per heavy atom. The third kappa shape index (κ3) is 2.28. The van der Waals surface area contributed by atoms with Crippen molar-refractivity contribution in [2.24, 2.45) is 0 Å². The van der Waals surface area contributed by atoms with E-state index in [0.29, 0.717) is 19.1 Å². The minimum atomic E-state index is -0.794. The van der Waals surface area contributed by atoms with Gasteiger partial charge in [0.15, 0.2) is 0 Å². The van der Waals surface area contributed by atoms with E-state index in [1.165, 1.54) is 0 Å². The maximum atomic E-state index is 11.7. The van der Waals surface area contributed by atoms with Crippen molar-refractivity contribution in [1.82, 2.24) is 9.80 Å². The molecule has 0 radical (unpaired) electrons. The molecule has 1 unspecified atom stereocenters. The number of carbonyl (C=O) groups is 2. The summed E-state index contributed by atoms with van der Waals surface area (Å²) < 4.78 is 0. The highest BCUT2D eigenvalue weighted by atomic mass is 16.4. The summed E-state index contributed by atoms with van der Waals surface area (Å²) in [6, 6.07) is 0.364. The number of piperazine rings is 1. The van der Waals surface area contributed by atoms with Crippen molar-refractivity contribution in [2.45, 2.75) is 31.3 Å². The van der Waals surface area contributed by atoms with Crippen LogP contribution in [0.25, 0.3) is 0 Å². The van der Waals surface area contributed by atoms with Gasteiger partial charge in [-0.15, -0.1) is 0 Å². The van der Waals surface area contributed by atoms with E-state index in [-0.39, 0.29) is 18.4 Å². The van der Waals surface area contributed by atoms with Crippen molar-refractivity contribution in [2.75, 3.05) is 20.1 Å². The molecular weight excluding hydrogens is 196 g/mol. The zero-order chi connectivity index (χ0) is 11.0. The van der Waals surface area contributed by atoms with E-state index in [4.69, 9.17) is 5.11 Å². The second-order valence-electron chi connectivity index (χ2n) is 4.44. The topological polar surface area (TPSA) is 60.9 Å². The summed E-state index contributed by atoms with van der Waals surface area (Å²) in [7, 11) is 1.82. The number of aliphatic carboxylic acids is 1. The summed E-state index contributed by atoms with van der Waals surface area (Å²) in [5, 5.41) is 8.76. The lowest BCUT2D eigenvalue weighted by Gasteiger charge is -2.38. The molecule has 15 heavy (non-hydrogen) atoms. The van der Waals surface area contributed by atoms with Crippen LogP contribution in [0.2, 0.25) is 0 Å². The number of likely N-dealkylation sites (N-methyl/N-ethyl adjacent to an activating group) is 1. The third-order valence-electron chi connectivity index (χ3n) is 3.13. The van der Waals surface area contributed by atoms with Crippen LogP contribution in [0.1, 0.15) is 19.3 Å². The Balaban J connectivity index is 1.99. The Bertz CT molecular complexity index is 288. The number of hydrogen-bond donors (Lipinski definition) is 1. The highest BCUT2D eigenvalue weighted by Gasteiger charge is 2.39. The van der Waals surface area contributed by atoms with Crippen LogP contribution in [-0.4, -0.2) is 59.0 Å². The van der Waals surface area contributed by atoms with Gasteiger partial charge in [-0.1, -0.05) is 0 Å². The van der Waals surface area contributed by atoms with Gasteiger partial charge in [0.05, 0.1) is 13.0 Å². The Labute approximate surface area is 88.6 Å². The Kier molecular flexibility index (Phi) is 2.65. The molecule has 5 nitrogen and oxygen atoms in total. The van der Waals surface area contributed by atoms with E-state index < -0.39 is 5.97 Å². The molecule has 2 aliphatic rings. The number of hydrogen-bond acceptors (Lipinski definition) is 3. The van der Waals surface area contributed by atoms with Crippen LogP contribution < -0.4 is 0 Å². The molecule has 2 rings (SSSR count). The van der Waals surface area contributed by atoms with Gasteiger partial charge >= 0.3 is 5.97 Å². The molecule has 0 aromatic carbocycles. The average Bonchev–Trinajstić information content (AvgIpc) is 2.92. The first kappa shape index (κ1) is 10.4. The Hall–Kier alpha value is -1.10. The molecule has 1 heterocycles. The molecule has 1 N–H and O–H groups in total. The zero-order valence-electron chi connectivity index (χ0n) is 8.85. The number of nitrogens with zero attached hydrogens (tertiary/aromatic N) is 2. The normalized spacial score (nSPS) is 28.2. The number of amides is 1. The zero-order valence-corrected chi connectivity index (χ0v) is 8.85. The molecule has 0 aromatic heterocycles. The van der Waals surface area contributed by atoms with Gasteiger partial charge < -0.3 is 10.0 Å². The first-order valence-electron chi connectivity index (χ1n) is 5.29. The van der Waals surface area contributed by atoms with E-state index in [1.54, 1.807) is 0 Å². The first-order valence-corrected chi connectivity index (χ1v) is 5.29. The van der Waals surface area contributed by atoms with Gasteiger partial charge in [0.2, 0.25) is 5.91 Å². The first-order chi connectivity index (χ1) is 7.08. The van der Waals surface area contributed by atoms with Gasteiger partial charge in [-0.25, -0.2) is 0 Å². The summed E-state index contributed by atoms with van der Waals surface area (Å²) in [6.07, 6.45) is 2.28. The van der Waals surface area contributed by atoms with Gasteiger partial charge in [-0.2, -0.15) is 0 Å². The van der Waals surface area contributed by atoms with Gasteiger partial charge in [-0.3, -0.25) is 14.5 Å². The molecule has 0 aromatic rings. The molecule has 2 fully saturated rings. The Morgan fingerprint density at radius 3 is 2.73 bits per heavy atom. The van der Waals surface area contributed by atoms with E-state index in [9.17, 15) is 9.59 Å². The molecule has 1 saturated carbocycles. The molecule has 0 spiro atoms. The number of carboxylic acids is 1. The maximum absolute atomic E-state index is 11.7. The van der Waals surface area contributed by atoms with E-state index >= 15 is 0 Å². The molecule has 1 aliphatic carbocycles. The lowest BCUT2D eigenvalue weighted by Crippen LogP contribution is -2.55. The number of carboxylic acid groups (broad SMARTS) is 1. The lowest BCUT2D eigenvalue weighted by atomic mass is 10.1. The maximum Gasteiger partial charge on any atom is 0.305 e. The molecule has 5 heteroatoms. The molecule has 0 bridgehead atoms. The van der Waals surface area contributed by atoms with Crippen molar-refractivity contribution in [3.05, 3.63) is 0 Å². The fourth-order valence-electron chi connectivity index (χ4n) is 2.06. The summed E-state index contributed by atoms with van der Waals surface area (Å²) in [5.41, 5.74) is 0. The van der Waals surface area contributed by atoms with Gasteiger partial charge in [-0.05, 0) is 19.9 Å². The van der Waals surface area contributed by atoms with Crippen molar-refractivity contribution in [1.29, 1.82) is 0 Å². The summed E-state index contributed by atoms with van der Waals surface area (Å²) in [6.45, 7) is 0.931. The molecular formula is C10H16N2O3. The molecule has 1 aliphatic heterocycles. The second kappa shape index (κ2) is 3.81. The largest absolute Gasteiger partial charge is 0.481 e. The average molecular weight is 212 g/mol. The molecule has 84 valence electrons. The fourth-order valence-corrected chi connectivity index (χ4v) is 2.06. The summed E-state index contributed by atoms with van der Waals surface area (Å²) in [4.78, 5) is 26.0. The third-order valence-corrected chi connectivity index (χ3v) is 3.13. The van der Waals surface area contributed by atoms with Crippen LogP contribution in [0.5, 0.6) is 0 Å². The van der Waals surface area contributed by atoms with Crippen LogP contribution in [0, 0.1) is 0 Å². The number of carbonyl (C=O) groups excluding carboxylic acids is 1. The van der Waals surface area contributed by atoms with Crippen molar-refractivity contribution in [3.8, 4) is 0 Å². The van der Waals surface area contributed by atoms with Crippen molar-refractivity contribution >= 4 is 11.9 Å². The smallest absolute Gasteiger partial charge is 0.305 e. The molecule has 1 saturated heterocycles. The monoisotopic (exact) mass is 212 g/mol. The SMILES string of the molecule is CN1CC(=O)N(C2CC2)CC1CC(=O)O. The van der Waals surface area contributed by atoms with Crippen molar-refractivity contribution in [3.63, 3.8) is 0 Å². The highest BCUT2D eigenvalue weighted by molar-refractivity contribution is 5.80.